The standard InChI is InChI=1S/C15H13FO2/c1-2-18-15(17)10-14(16)13-8-7-11-5-3-4-6-12(11)9-13/h3-10H,2H2,1H3/b14-10-. The highest BCUT2D eigenvalue weighted by Gasteiger charge is 2.05. The van der Waals surface area contributed by atoms with Gasteiger partial charge in [0.05, 0.1) is 12.7 Å². The molecule has 0 unspecified atom stereocenters. The van der Waals surface area contributed by atoms with Gasteiger partial charge in [-0.1, -0.05) is 36.4 Å². The minimum Gasteiger partial charge on any atom is -0.463 e. The van der Waals surface area contributed by atoms with Crippen LogP contribution in [0.2, 0.25) is 0 Å². The average Bonchev–Trinajstić information content (AvgIpc) is 2.38. The third-order valence-electron chi connectivity index (χ3n) is 2.56. The lowest BCUT2D eigenvalue weighted by molar-refractivity contribution is -0.137. The van der Waals surface area contributed by atoms with Crippen molar-refractivity contribution in [3.8, 4) is 0 Å². The summed E-state index contributed by atoms with van der Waals surface area (Å²) in [5.74, 6) is -1.25. The molecule has 0 saturated heterocycles. The average molecular weight is 244 g/mol. The molecule has 0 aliphatic heterocycles. The molecule has 0 aliphatic rings. The summed E-state index contributed by atoms with van der Waals surface area (Å²) >= 11 is 0. The van der Waals surface area contributed by atoms with Gasteiger partial charge < -0.3 is 4.74 Å². The zero-order valence-electron chi connectivity index (χ0n) is 10.0. The van der Waals surface area contributed by atoms with E-state index in [1.807, 2.05) is 30.3 Å². The molecule has 2 aromatic carbocycles. The molecule has 0 amide bonds. The third kappa shape index (κ3) is 2.74. The van der Waals surface area contributed by atoms with Crippen LogP contribution in [0.3, 0.4) is 0 Å². The lowest BCUT2D eigenvalue weighted by Gasteiger charge is -2.02. The third-order valence-corrected chi connectivity index (χ3v) is 2.56. The van der Waals surface area contributed by atoms with Crippen molar-refractivity contribution in [2.24, 2.45) is 0 Å². The number of halogens is 1. The van der Waals surface area contributed by atoms with Gasteiger partial charge in [-0.3, -0.25) is 0 Å². The largest absolute Gasteiger partial charge is 0.463 e. The van der Waals surface area contributed by atoms with E-state index in [-0.39, 0.29) is 6.61 Å². The molecule has 3 heteroatoms. The van der Waals surface area contributed by atoms with E-state index in [0.29, 0.717) is 5.56 Å². The molecule has 0 fully saturated rings. The van der Waals surface area contributed by atoms with Crippen LogP contribution in [-0.2, 0) is 9.53 Å². The maximum absolute atomic E-state index is 13.8. The van der Waals surface area contributed by atoms with Gasteiger partial charge in [0.2, 0.25) is 0 Å². The van der Waals surface area contributed by atoms with Crippen LogP contribution in [-0.4, -0.2) is 12.6 Å². The quantitative estimate of drug-likeness (QED) is 0.607. The predicted molar refractivity (Wildman–Crippen MR) is 69.7 cm³/mol. The summed E-state index contributed by atoms with van der Waals surface area (Å²) in [6.45, 7) is 1.92. The highest BCUT2D eigenvalue weighted by Crippen LogP contribution is 2.22. The first kappa shape index (κ1) is 12.3. The second kappa shape index (κ2) is 5.45. The molecule has 0 heterocycles. The summed E-state index contributed by atoms with van der Waals surface area (Å²) in [7, 11) is 0. The number of esters is 1. The van der Waals surface area contributed by atoms with Gasteiger partial charge in [-0.15, -0.1) is 0 Å². The smallest absolute Gasteiger partial charge is 0.333 e. The maximum atomic E-state index is 13.8. The Labute approximate surface area is 105 Å². The van der Waals surface area contributed by atoms with E-state index in [2.05, 4.69) is 4.74 Å². The number of hydrogen-bond acceptors (Lipinski definition) is 2. The van der Waals surface area contributed by atoms with E-state index in [4.69, 9.17) is 0 Å². The number of carbonyl (C=O) groups excluding carboxylic acids is 1. The maximum Gasteiger partial charge on any atom is 0.333 e. The number of carbonyl (C=O) groups is 1. The predicted octanol–water partition coefficient (Wildman–Crippen LogP) is 3.71. The first-order chi connectivity index (χ1) is 8.70. The van der Waals surface area contributed by atoms with E-state index < -0.39 is 11.8 Å². The molecule has 0 N–H and O–H groups in total. The molecule has 0 spiro atoms. The highest BCUT2D eigenvalue weighted by molar-refractivity contribution is 5.92. The molecule has 0 saturated carbocycles. The molecule has 0 radical (unpaired) electrons. The molecule has 2 aromatic rings. The fraction of sp³-hybridized carbons (Fsp3) is 0.133. The number of benzene rings is 2. The summed E-state index contributed by atoms with van der Waals surface area (Å²) < 4.78 is 18.5. The SMILES string of the molecule is CCOC(=O)/C=C(\F)c1ccc2ccccc2c1. The minimum atomic E-state index is -0.664. The Balaban J connectivity index is 2.33. The van der Waals surface area contributed by atoms with E-state index in [1.54, 1.807) is 19.1 Å². The van der Waals surface area contributed by atoms with Crippen molar-refractivity contribution in [2.45, 2.75) is 6.92 Å². The number of rotatable bonds is 3. The summed E-state index contributed by atoms with van der Waals surface area (Å²) in [6, 6.07) is 12.8. The molecule has 2 rings (SSSR count). The lowest BCUT2D eigenvalue weighted by atomic mass is 10.1. The van der Waals surface area contributed by atoms with Gasteiger partial charge in [0.25, 0.3) is 0 Å². The zero-order chi connectivity index (χ0) is 13.0. The second-order valence-corrected chi connectivity index (χ2v) is 3.81. The molecule has 0 aliphatic carbocycles. The van der Waals surface area contributed by atoms with Crippen LogP contribution < -0.4 is 0 Å². The molecule has 0 bridgehead atoms. The van der Waals surface area contributed by atoms with E-state index in [0.717, 1.165) is 16.8 Å². The number of fused-ring (bicyclic) bond motifs is 1. The Morgan fingerprint density at radius 2 is 1.94 bits per heavy atom. The topological polar surface area (TPSA) is 26.3 Å². The molecular weight excluding hydrogens is 231 g/mol. The Bertz CT molecular complexity index is 602. The van der Waals surface area contributed by atoms with Crippen LogP contribution in [0.5, 0.6) is 0 Å². The van der Waals surface area contributed by atoms with Gasteiger partial charge in [0, 0.05) is 5.56 Å². The Hall–Kier alpha value is -2.16. The fourth-order valence-electron chi connectivity index (χ4n) is 1.71. The second-order valence-electron chi connectivity index (χ2n) is 3.81. The summed E-state index contributed by atoms with van der Waals surface area (Å²) in [5.41, 5.74) is 0.377. The van der Waals surface area contributed by atoms with Crippen LogP contribution in [0.25, 0.3) is 16.6 Å². The Morgan fingerprint density at radius 3 is 2.67 bits per heavy atom. The normalized spacial score (nSPS) is 11.6. The van der Waals surface area contributed by atoms with Crippen LogP contribution in [0.4, 0.5) is 4.39 Å². The van der Waals surface area contributed by atoms with Gasteiger partial charge in [-0.05, 0) is 23.8 Å². The minimum absolute atomic E-state index is 0.236. The summed E-state index contributed by atoms with van der Waals surface area (Å²) in [4.78, 5) is 11.2. The van der Waals surface area contributed by atoms with Crippen molar-refractivity contribution < 1.29 is 13.9 Å². The monoisotopic (exact) mass is 244 g/mol. The zero-order valence-corrected chi connectivity index (χ0v) is 10.0. The molecule has 18 heavy (non-hydrogen) atoms. The van der Waals surface area contributed by atoms with Gasteiger partial charge in [0.15, 0.2) is 0 Å². The molecule has 0 atom stereocenters. The first-order valence-electron chi connectivity index (χ1n) is 5.74. The van der Waals surface area contributed by atoms with Crippen LogP contribution in [0.1, 0.15) is 12.5 Å². The van der Waals surface area contributed by atoms with Crippen molar-refractivity contribution in [1.29, 1.82) is 0 Å². The lowest BCUT2D eigenvalue weighted by Crippen LogP contribution is -1.99. The van der Waals surface area contributed by atoms with Crippen LogP contribution in [0, 0.1) is 0 Å². The van der Waals surface area contributed by atoms with Crippen molar-refractivity contribution in [2.75, 3.05) is 6.61 Å². The fourth-order valence-corrected chi connectivity index (χ4v) is 1.71. The van der Waals surface area contributed by atoms with Gasteiger partial charge in [0.1, 0.15) is 5.83 Å². The van der Waals surface area contributed by atoms with Crippen LogP contribution in [0.15, 0.2) is 48.5 Å². The van der Waals surface area contributed by atoms with Crippen molar-refractivity contribution in [3.63, 3.8) is 0 Å². The molecule has 0 aromatic heterocycles. The number of hydrogen-bond donors (Lipinski definition) is 0. The summed E-state index contributed by atoms with van der Waals surface area (Å²) in [5, 5.41) is 1.97. The van der Waals surface area contributed by atoms with Crippen molar-refractivity contribution in [1.82, 2.24) is 0 Å². The molecule has 92 valence electrons. The van der Waals surface area contributed by atoms with Crippen molar-refractivity contribution >= 4 is 22.6 Å². The summed E-state index contributed by atoms with van der Waals surface area (Å²) in [6.07, 6.45) is 0.869. The highest BCUT2D eigenvalue weighted by atomic mass is 19.1. The van der Waals surface area contributed by atoms with Gasteiger partial charge in [-0.25, -0.2) is 9.18 Å². The molecule has 2 nitrogen and oxygen atoms in total. The Kier molecular flexibility index (Phi) is 3.72. The first-order valence-corrected chi connectivity index (χ1v) is 5.74. The van der Waals surface area contributed by atoms with E-state index in [9.17, 15) is 9.18 Å². The van der Waals surface area contributed by atoms with Gasteiger partial charge >= 0.3 is 5.97 Å². The van der Waals surface area contributed by atoms with Crippen molar-refractivity contribution in [3.05, 3.63) is 54.1 Å². The van der Waals surface area contributed by atoms with E-state index >= 15 is 0 Å². The van der Waals surface area contributed by atoms with Crippen LogP contribution >= 0.6 is 0 Å². The molecular formula is C15H13FO2. The number of ether oxygens (including phenoxy) is 1. The van der Waals surface area contributed by atoms with Gasteiger partial charge in [-0.2, -0.15) is 0 Å². The Morgan fingerprint density at radius 1 is 1.22 bits per heavy atom. The van der Waals surface area contributed by atoms with E-state index in [1.165, 1.54) is 0 Å².